The molecule has 0 atom stereocenters. The topological polar surface area (TPSA) is 33.4 Å². The molecule has 0 saturated heterocycles. The van der Waals surface area contributed by atoms with Crippen molar-refractivity contribution < 1.29 is 0 Å². The van der Waals surface area contributed by atoms with E-state index in [9.17, 15) is 0 Å². The van der Waals surface area contributed by atoms with Crippen molar-refractivity contribution in [1.82, 2.24) is 19.3 Å². The molecule has 0 aliphatic carbocycles. The minimum Gasteiger partial charge on any atom is -0.304 e. The number of aryl methyl sites for hydroxylation is 1. The SMILES string of the molecule is Cc1ccn2c(CN(C)C)c(-c3cccnc3)nc2c1. The van der Waals surface area contributed by atoms with Crippen LogP contribution < -0.4 is 0 Å². The Kier molecular flexibility index (Phi) is 3.24. The molecule has 0 spiro atoms. The Hall–Kier alpha value is -2.20. The summed E-state index contributed by atoms with van der Waals surface area (Å²) in [5, 5.41) is 0. The van der Waals surface area contributed by atoms with Crippen LogP contribution in [0.2, 0.25) is 0 Å². The van der Waals surface area contributed by atoms with Crippen LogP contribution in [0.4, 0.5) is 0 Å². The van der Waals surface area contributed by atoms with Gasteiger partial charge in [0.05, 0.1) is 11.4 Å². The monoisotopic (exact) mass is 266 g/mol. The molecule has 0 unspecified atom stereocenters. The van der Waals surface area contributed by atoms with Gasteiger partial charge in [-0.15, -0.1) is 0 Å². The molecule has 0 saturated carbocycles. The van der Waals surface area contributed by atoms with E-state index < -0.39 is 0 Å². The van der Waals surface area contributed by atoms with Gasteiger partial charge in [0, 0.05) is 30.7 Å². The molecule has 0 aliphatic heterocycles. The third kappa shape index (κ3) is 2.30. The highest BCUT2D eigenvalue weighted by molar-refractivity contribution is 5.66. The molecular weight excluding hydrogens is 248 g/mol. The lowest BCUT2D eigenvalue weighted by molar-refractivity contribution is 0.396. The Bertz CT molecular complexity index is 729. The van der Waals surface area contributed by atoms with E-state index in [4.69, 9.17) is 4.98 Å². The zero-order valence-corrected chi connectivity index (χ0v) is 12.0. The first-order valence-electron chi connectivity index (χ1n) is 6.68. The maximum absolute atomic E-state index is 4.79. The summed E-state index contributed by atoms with van der Waals surface area (Å²) in [5.74, 6) is 0. The zero-order chi connectivity index (χ0) is 14.1. The van der Waals surface area contributed by atoms with Crippen LogP contribution in [0.5, 0.6) is 0 Å². The molecule has 102 valence electrons. The minimum atomic E-state index is 0.842. The van der Waals surface area contributed by atoms with Crippen LogP contribution in [-0.2, 0) is 6.54 Å². The highest BCUT2D eigenvalue weighted by Crippen LogP contribution is 2.25. The predicted octanol–water partition coefficient (Wildman–Crippen LogP) is 2.77. The first-order chi connectivity index (χ1) is 9.65. The number of aromatic nitrogens is 3. The van der Waals surface area contributed by atoms with Crippen LogP contribution in [0.25, 0.3) is 16.9 Å². The second kappa shape index (κ2) is 5.06. The van der Waals surface area contributed by atoms with Gasteiger partial charge in [-0.25, -0.2) is 4.98 Å². The van der Waals surface area contributed by atoms with Gasteiger partial charge in [-0.3, -0.25) is 4.98 Å². The lowest BCUT2D eigenvalue weighted by Gasteiger charge is -2.11. The predicted molar refractivity (Wildman–Crippen MR) is 80.6 cm³/mol. The van der Waals surface area contributed by atoms with Crippen LogP contribution in [0, 0.1) is 6.92 Å². The summed E-state index contributed by atoms with van der Waals surface area (Å²) in [5.41, 5.74) is 5.47. The molecule has 0 bridgehead atoms. The van der Waals surface area contributed by atoms with E-state index in [1.807, 2.05) is 12.3 Å². The van der Waals surface area contributed by atoms with Crippen molar-refractivity contribution in [1.29, 1.82) is 0 Å². The Balaban J connectivity index is 2.24. The maximum Gasteiger partial charge on any atom is 0.137 e. The largest absolute Gasteiger partial charge is 0.304 e. The number of hydrogen-bond acceptors (Lipinski definition) is 3. The van der Waals surface area contributed by atoms with Crippen molar-refractivity contribution >= 4 is 5.65 Å². The summed E-state index contributed by atoms with van der Waals surface area (Å²) in [6.45, 7) is 2.93. The summed E-state index contributed by atoms with van der Waals surface area (Å²) in [6.07, 6.45) is 5.75. The van der Waals surface area contributed by atoms with E-state index in [1.54, 1.807) is 6.20 Å². The van der Waals surface area contributed by atoms with Crippen molar-refractivity contribution in [2.24, 2.45) is 0 Å². The van der Waals surface area contributed by atoms with Gasteiger partial charge in [0.1, 0.15) is 5.65 Å². The van der Waals surface area contributed by atoms with Crippen LogP contribution in [0.15, 0.2) is 42.9 Å². The fraction of sp³-hybridized carbons (Fsp3) is 0.250. The van der Waals surface area contributed by atoms with Gasteiger partial charge in [0.25, 0.3) is 0 Å². The van der Waals surface area contributed by atoms with Gasteiger partial charge in [-0.05, 0) is 50.8 Å². The number of pyridine rings is 2. The van der Waals surface area contributed by atoms with Crippen molar-refractivity contribution in [2.45, 2.75) is 13.5 Å². The minimum absolute atomic E-state index is 0.842. The molecule has 0 aromatic carbocycles. The number of imidazole rings is 1. The molecular formula is C16H18N4. The Morgan fingerprint density at radius 2 is 2.10 bits per heavy atom. The zero-order valence-electron chi connectivity index (χ0n) is 12.0. The molecule has 20 heavy (non-hydrogen) atoms. The smallest absolute Gasteiger partial charge is 0.137 e. The molecule has 3 aromatic heterocycles. The molecule has 0 fully saturated rings. The van der Waals surface area contributed by atoms with E-state index in [-0.39, 0.29) is 0 Å². The number of fused-ring (bicyclic) bond motifs is 1. The first kappa shape index (κ1) is 12.8. The van der Waals surface area contributed by atoms with Crippen LogP contribution in [0.1, 0.15) is 11.3 Å². The van der Waals surface area contributed by atoms with Crippen LogP contribution >= 0.6 is 0 Å². The summed E-state index contributed by atoms with van der Waals surface area (Å²) in [7, 11) is 4.14. The molecule has 4 nitrogen and oxygen atoms in total. The Morgan fingerprint density at radius 1 is 1.25 bits per heavy atom. The first-order valence-corrected chi connectivity index (χ1v) is 6.68. The van der Waals surface area contributed by atoms with Gasteiger partial charge in [-0.1, -0.05) is 0 Å². The van der Waals surface area contributed by atoms with E-state index in [0.717, 1.165) is 23.4 Å². The number of nitrogens with zero attached hydrogens (tertiary/aromatic N) is 4. The third-order valence-corrected chi connectivity index (χ3v) is 3.28. The second-order valence-electron chi connectivity index (χ2n) is 5.32. The molecule has 3 aromatic rings. The van der Waals surface area contributed by atoms with Gasteiger partial charge < -0.3 is 9.30 Å². The molecule has 0 aliphatic rings. The van der Waals surface area contributed by atoms with E-state index in [0.29, 0.717) is 0 Å². The molecule has 3 rings (SSSR count). The standard InChI is InChI=1S/C16H18N4/c1-12-6-8-20-14(11-19(2)3)16(18-15(20)9-12)13-5-4-7-17-10-13/h4-10H,11H2,1-3H3. The van der Waals surface area contributed by atoms with Crippen LogP contribution in [0.3, 0.4) is 0 Å². The molecule has 0 radical (unpaired) electrons. The number of rotatable bonds is 3. The fourth-order valence-corrected chi connectivity index (χ4v) is 2.38. The van der Waals surface area contributed by atoms with Crippen molar-refractivity contribution in [2.75, 3.05) is 14.1 Å². The van der Waals surface area contributed by atoms with Gasteiger partial charge in [0.15, 0.2) is 0 Å². The molecule has 4 heteroatoms. The van der Waals surface area contributed by atoms with Crippen molar-refractivity contribution in [3.8, 4) is 11.3 Å². The molecule has 0 amide bonds. The lowest BCUT2D eigenvalue weighted by Crippen LogP contribution is -2.13. The van der Waals surface area contributed by atoms with Crippen molar-refractivity contribution in [3.05, 3.63) is 54.1 Å². The molecule has 0 N–H and O–H groups in total. The third-order valence-electron chi connectivity index (χ3n) is 3.28. The quantitative estimate of drug-likeness (QED) is 0.731. The van der Waals surface area contributed by atoms with Gasteiger partial charge in [0.2, 0.25) is 0 Å². The number of hydrogen-bond donors (Lipinski definition) is 0. The maximum atomic E-state index is 4.79. The Labute approximate surface area is 118 Å². The van der Waals surface area contributed by atoms with Gasteiger partial charge in [-0.2, -0.15) is 0 Å². The van der Waals surface area contributed by atoms with E-state index in [1.165, 1.54) is 11.3 Å². The summed E-state index contributed by atoms with van der Waals surface area (Å²) in [4.78, 5) is 11.2. The summed E-state index contributed by atoms with van der Waals surface area (Å²) >= 11 is 0. The average molecular weight is 266 g/mol. The summed E-state index contributed by atoms with van der Waals surface area (Å²) in [6, 6.07) is 8.23. The van der Waals surface area contributed by atoms with Crippen molar-refractivity contribution in [3.63, 3.8) is 0 Å². The highest BCUT2D eigenvalue weighted by Gasteiger charge is 2.14. The van der Waals surface area contributed by atoms with Gasteiger partial charge >= 0.3 is 0 Å². The normalized spacial score (nSPS) is 11.4. The van der Waals surface area contributed by atoms with Crippen LogP contribution in [-0.4, -0.2) is 33.4 Å². The average Bonchev–Trinajstić information content (AvgIpc) is 2.77. The van der Waals surface area contributed by atoms with E-state index >= 15 is 0 Å². The fourth-order valence-electron chi connectivity index (χ4n) is 2.38. The highest BCUT2D eigenvalue weighted by atomic mass is 15.1. The molecule has 3 heterocycles. The second-order valence-corrected chi connectivity index (χ2v) is 5.32. The van der Waals surface area contributed by atoms with E-state index in [2.05, 4.69) is 59.7 Å². The Morgan fingerprint density at radius 3 is 2.80 bits per heavy atom. The summed E-state index contributed by atoms with van der Waals surface area (Å²) < 4.78 is 2.16. The lowest BCUT2D eigenvalue weighted by atomic mass is 10.1.